The molecule has 0 aliphatic rings. The zero-order valence-corrected chi connectivity index (χ0v) is 12.2. The van der Waals surface area contributed by atoms with Gasteiger partial charge in [0.2, 0.25) is 5.91 Å². The second kappa shape index (κ2) is 5.99. The number of nitrogens with zero attached hydrogens (tertiary/aromatic N) is 2. The number of hydrogen-bond acceptors (Lipinski definition) is 3. The van der Waals surface area contributed by atoms with E-state index in [9.17, 15) is 9.59 Å². The molecule has 0 radical (unpaired) electrons. The molecule has 0 aliphatic heterocycles. The van der Waals surface area contributed by atoms with Gasteiger partial charge in [-0.1, -0.05) is 35.9 Å². The number of hydrogen-bond donors (Lipinski definition) is 1. The number of benzene rings is 2. The van der Waals surface area contributed by atoms with Gasteiger partial charge in [0.15, 0.2) is 0 Å². The molecule has 3 aromatic rings. The number of aromatic nitrogens is 2. The van der Waals surface area contributed by atoms with E-state index >= 15 is 0 Å². The molecule has 0 atom stereocenters. The molecule has 3 rings (SSSR count). The predicted molar refractivity (Wildman–Crippen MR) is 86.1 cm³/mol. The highest BCUT2D eigenvalue weighted by molar-refractivity contribution is 6.30. The van der Waals surface area contributed by atoms with Crippen molar-refractivity contribution in [3.63, 3.8) is 0 Å². The summed E-state index contributed by atoms with van der Waals surface area (Å²) in [5.41, 5.74) is 0.283. The molecule has 5 nitrogen and oxygen atoms in total. The van der Waals surface area contributed by atoms with Gasteiger partial charge in [0, 0.05) is 16.1 Å². The number of rotatable bonds is 3. The third-order valence-corrected chi connectivity index (χ3v) is 3.40. The van der Waals surface area contributed by atoms with Crippen LogP contribution in [0.4, 0.5) is 5.69 Å². The maximum atomic E-state index is 12.3. The summed E-state index contributed by atoms with van der Waals surface area (Å²) in [7, 11) is 0. The van der Waals surface area contributed by atoms with Gasteiger partial charge in [-0.05, 0) is 24.3 Å². The molecule has 6 heteroatoms. The van der Waals surface area contributed by atoms with E-state index in [-0.39, 0.29) is 18.0 Å². The summed E-state index contributed by atoms with van der Waals surface area (Å²) in [6.07, 6.45) is 1.57. The predicted octanol–water partition coefficient (Wildman–Crippen LogP) is 2.69. The third-order valence-electron chi connectivity index (χ3n) is 3.16. The second-order valence-electron chi connectivity index (χ2n) is 4.75. The van der Waals surface area contributed by atoms with Gasteiger partial charge in [0.05, 0.1) is 11.6 Å². The molecule has 0 saturated heterocycles. The lowest BCUT2D eigenvalue weighted by Gasteiger charge is -2.07. The molecular formula is C16H12ClN3O2. The van der Waals surface area contributed by atoms with Gasteiger partial charge in [0.1, 0.15) is 6.54 Å². The van der Waals surface area contributed by atoms with E-state index in [4.69, 9.17) is 11.6 Å². The fraction of sp³-hybridized carbons (Fsp3) is 0.0625. The molecule has 0 bridgehead atoms. The van der Waals surface area contributed by atoms with Crippen molar-refractivity contribution in [1.29, 1.82) is 0 Å². The highest BCUT2D eigenvalue weighted by Gasteiger charge is 2.08. The van der Waals surface area contributed by atoms with Crippen LogP contribution >= 0.6 is 11.6 Å². The summed E-state index contributed by atoms with van der Waals surface area (Å²) in [5, 5.41) is 8.52. The summed E-state index contributed by atoms with van der Waals surface area (Å²) in [5.74, 6) is -0.341. The molecule has 0 unspecified atom stereocenters. The van der Waals surface area contributed by atoms with Crippen molar-refractivity contribution in [3.05, 3.63) is 70.1 Å². The lowest BCUT2D eigenvalue weighted by molar-refractivity contribution is -0.117. The Balaban J connectivity index is 1.82. The van der Waals surface area contributed by atoms with Crippen LogP contribution in [0.15, 0.2) is 59.5 Å². The average molecular weight is 314 g/mol. The van der Waals surface area contributed by atoms with Crippen molar-refractivity contribution in [2.45, 2.75) is 6.54 Å². The minimum atomic E-state index is -0.341. The van der Waals surface area contributed by atoms with Crippen molar-refractivity contribution in [1.82, 2.24) is 9.78 Å². The topological polar surface area (TPSA) is 64.0 Å². The molecule has 0 fully saturated rings. The van der Waals surface area contributed by atoms with Crippen LogP contribution in [0.25, 0.3) is 10.8 Å². The van der Waals surface area contributed by atoms with Gasteiger partial charge >= 0.3 is 0 Å². The van der Waals surface area contributed by atoms with Crippen molar-refractivity contribution in [2.75, 3.05) is 5.32 Å². The number of anilines is 1. The van der Waals surface area contributed by atoms with Crippen LogP contribution in [-0.4, -0.2) is 15.7 Å². The van der Waals surface area contributed by atoms with Gasteiger partial charge < -0.3 is 5.32 Å². The zero-order chi connectivity index (χ0) is 15.5. The maximum absolute atomic E-state index is 12.3. The Bertz CT molecular complexity index is 905. The molecule has 1 heterocycles. The number of carbonyl (C=O) groups is 1. The first kappa shape index (κ1) is 14.3. The molecule has 22 heavy (non-hydrogen) atoms. The van der Waals surface area contributed by atoms with Crippen LogP contribution in [0.5, 0.6) is 0 Å². The van der Waals surface area contributed by atoms with Crippen LogP contribution in [0, 0.1) is 0 Å². The van der Waals surface area contributed by atoms with Gasteiger partial charge in [-0.15, -0.1) is 0 Å². The summed E-state index contributed by atoms with van der Waals surface area (Å²) in [4.78, 5) is 24.3. The lowest BCUT2D eigenvalue weighted by Crippen LogP contribution is -2.29. The van der Waals surface area contributed by atoms with Crippen LogP contribution in [0.2, 0.25) is 5.02 Å². The number of fused-ring (bicyclic) bond motifs is 1. The molecule has 0 spiro atoms. The summed E-state index contributed by atoms with van der Waals surface area (Å²) in [6, 6.07) is 13.9. The molecule has 1 N–H and O–H groups in total. The van der Waals surface area contributed by atoms with Crippen molar-refractivity contribution in [3.8, 4) is 0 Å². The molecule has 2 aromatic carbocycles. The van der Waals surface area contributed by atoms with E-state index in [1.54, 1.807) is 48.7 Å². The standard InChI is InChI=1S/C16H12ClN3O2/c17-12-5-3-6-13(8-12)19-15(21)10-20-16(22)14-7-2-1-4-11(14)9-18-20/h1-9H,10H2,(H,19,21). The Morgan fingerprint density at radius 2 is 2.00 bits per heavy atom. The summed E-state index contributed by atoms with van der Waals surface area (Å²) < 4.78 is 1.14. The molecule has 1 aromatic heterocycles. The van der Waals surface area contributed by atoms with E-state index in [2.05, 4.69) is 10.4 Å². The average Bonchev–Trinajstić information content (AvgIpc) is 2.50. The lowest BCUT2D eigenvalue weighted by atomic mass is 10.2. The zero-order valence-electron chi connectivity index (χ0n) is 11.5. The van der Waals surface area contributed by atoms with E-state index in [1.165, 1.54) is 0 Å². The highest BCUT2D eigenvalue weighted by Crippen LogP contribution is 2.14. The Labute approximate surface area is 131 Å². The smallest absolute Gasteiger partial charge is 0.275 e. The van der Waals surface area contributed by atoms with E-state index < -0.39 is 0 Å². The normalized spacial score (nSPS) is 10.6. The van der Waals surface area contributed by atoms with Crippen molar-refractivity contribution < 1.29 is 4.79 Å². The minimum Gasteiger partial charge on any atom is -0.324 e. The fourth-order valence-electron chi connectivity index (χ4n) is 2.14. The van der Waals surface area contributed by atoms with E-state index in [1.807, 2.05) is 6.07 Å². The van der Waals surface area contributed by atoms with E-state index in [0.717, 1.165) is 10.1 Å². The number of nitrogens with one attached hydrogen (secondary N) is 1. The first-order valence-corrected chi connectivity index (χ1v) is 7.01. The van der Waals surface area contributed by atoms with Crippen LogP contribution in [-0.2, 0) is 11.3 Å². The van der Waals surface area contributed by atoms with Gasteiger partial charge in [0.25, 0.3) is 5.56 Å². The Morgan fingerprint density at radius 3 is 2.82 bits per heavy atom. The van der Waals surface area contributed by atoms with Crippen LogP contribution in [0.1, 0.15) is 0 Å². The fourth-order valence-corrected chi connectivity index (χ4v) is 2.33. The monoisotopic (exact) mass is 313 g/mol. The number of amides is 1. The second-order valence-corrected chi connectivity index (χ2v) is 5.19. The SMILES string of the molecule is O=C(Cn1ncc2ccccc2c1=O)Nc1cccc(Cl)c1. The Hall–Kier alpha value is -2.66. The van der Waals surface area contributed by atoms with Crippen molar-refractivity contribution in [2.24, 2.45) is 0 Å². The summed E-state index contributed by atoms with van der Waals surface area (Å²) >= 11 is 5.86. The van der Waals surface area contributed by atoms with Gasteiger partial charge in [-0.3, -0.25) is 9.59 Å². The number of carbonyl (C=O) groups excluding carboxylic acids is 1. The molecule has 0 saturated carbocycles. The van der Waals surface area contributed by atoms with Crippen molar-refractivity contribution >= 4 is 34.0 Å². The Kier molecular flexibility index (Phi) is 3.89. The highest BCUT2D eigenvalue weighted by atomic mass is 35.5. The first-order chi connectivity index (χ1) is 10.6. The summed E-state index contributed by atoms with van der Waals surface area (Å²) in [6.45, 7) is -0.157. The molecule has 1 amide bonds. The van der Waals surface area contributed by atoms with Gasteiger partial charge in [-0.2, -0.15) is 5.10 Å². The van der Waals surface area contributed by atoms with Crippen LogP contribution < -0.4 is 10.9 Å². The first-order valence-electron chi connectivity index (χ1n) is 6.64. The minimum absolute atomic E-state index is 0.157. The largest absolute Gasteiger partial charge is 0.324 e. The molecule has 110 valence electrons. The van der Waals surface area contributed by atoms with Gasteiger partial charge in [-0.25, -0.2) is 4.68 Å². The molecular weight excluding hydrogens is 302 g/mol. The maximum Gasteiger partial charge on any atom is 0.275 e. The quantitative estimate of drug-likeness (QED) is 0.808. The third kappa shape index (κ3) is 2.99. The number of halogens is 1. The van der Waals surface area contributed by atoms with E-state index in [0.29, 0.717) is 16.1 Å². The van der Waals surface area contributed by atoms with Crippen LogP contribution in [0.3, 0.4) is 0 Å². The Morgan fingerprint density at radius 1 is 1.18 bits per heavy atom. The molecule has 0 aliphatic carbocycles.